The van der Waals surface area contributed by atoms with Gasteiger partial charge in [0.05, 0.1) is 11.1 Å². The van der Waals surface area contributed by atoms with E-state index < -0.39 is 17.4 Å². The van der Waals surface area contributed by atoms with Gasteiger partial charge < -0.3 is 0 Å². The van der Waals surface area contributed by atoms with Crippen LogP contribution in [-0.2, 0) is 0 Å². The van der Waals surface area contributed by atoms with Gasteiger partial charge in [-0.25, -0.2) is 8.78 Å². The minimum absolute atomic E-state index is 0.230. The fourth-order valence-corrected chi connectivity index (χ4v) is 2.03. The molecule has 0 atom stereocenters. The van der Waals surface area contributed by atoms with E-state index in [2.05, 4.69) is 4.98 Å². The average Bonchev–Trinajstić information content (AvgIpc) is 2.49. The summed E-state index contributed by atoms with van der Waals surface area (Å²) < 4.78 is 26.8. The van der Waals surface area contributed by atoms with Crippen molar-refractivity contribution in [3.63, 3.8) is 0 Å². The molecule has 0 spiro atoms. The molecule has 0 saturated heterocycles. The maximum Gasteiger partial charge on any atom is 0.197 e. The number of carbonyl (C=O) groups excluding carboxylic acids is 1. The van der Waals surface area contributed by atoms with E-state index >= 15 is 0 Å². The molecule has 0 saturated carbocycles. The number of benzene rings is 2. The first-order valence-corrected chi connectivity index (χ1v) is 6.00. The summed E-state index contributed by atoms with van der Waals surface area (Å²) in [6.45, 7) is 0. The number of hydrogen-bond acceptors (Lipinski definition) is 2. The normalized spacial score (nSPS) is 10.7. The lowest BCUT2D eigenvalue weighted by atomic mass is 10.0. The SMILES string of the molecule is O=C(c1cnc2ccccc2c1)c1cccc(F)c1F. The molecule has 0 aliphatic heterocycles. The molecule has 1 heterocycles. The Hall–Kier alpha value is -2.62. The van der Waals surface area contributed by atoms with Gasteiger partial charge in [-0.05, 0) is 24.3 Å². The van der Waals surface area contributed by atoms with E-state index in [-0.39, 0.29) is 11.1 Å². The fourth-order valence-electron chi connectivity index (χ4n) is 2.03. The third-order valence-electron chi connectivity index (χ3n) is 3.05. The summed E-state index contributed by atoms with van der Waals surface area (Å²) in [7, 11) is 0. The molecule has 2 nitrogen and oxygen atoms in total. The number of carbonyl (C=O) groups is 1. The van der Waals surface area contributed by atoms with Crippen LogP contribution in [0.25, 0.3) is 10.9 Å². The number of pyridine rings is 1. The van der Waals surface area contributed by atoms with Crippen molar-refractivity contribution in [1.29, 1.82) is 0 Å². The molecule has 0 aliphatic rings. The first-order chi connectivity index (χ1) is 9.66. The number of fused-ring (bicyclic) bond motifs is 1. The summed E-state index contributed by atoms with van der Waals surface area (Å²) >= 11 is 0. The number of nitrogens with zero attached hydrogens (tertiary/aromatic N) is 1. The summed E-state index contributed by atoms with van der Waals surface area (Å²) in [5, 5.41) is 0.773. The average molecular weight is 269 g/mol. The largest absolute Gasteiger partial charge is 0.288 e. The zero-order valence-corrected chi connectivity index (χ0v) is 10.3. The maximum absolute atomic E-state index is 13.6. The molecule has 3 rings (SSSR count). The molecule has 4 heteroatoms. The Morgan fingerprint density at radius 3 is 2.65 bits per heavy atom. The summed E-state index contributed by atoms with van der Waals surface area (Å²) in [5.41, 5.74) is 0.680. The lowest BCUT2D eigenvalue weighted by Crippen LogP contribution is -2.06. The highest BCUT2D eigenvalue weighted by molar-refractivity contribution is 6.10. The van der Waals surface area contributed by atoms with Crippen LogP contribution in [0.4, 0.5) is 8.78 Å². The molecule has 0 fully saturated rings. The maximum atomic E-state index is 13.6. The highest BCUT2D eigenvalue weighted by atomic mass is 19.2. The zero-order valence-electron chi connectivity index (χ0n) is 10.3. The molecule has 0 aliphatic carbocycles. The van der Waals surface area contributed by atoms with Crippen molar-refractivity contribution < 1.29 is 13.6 Å². The van der Waals surface area contributed by atoms with Crippen molar-refractivity contribution >= 4 is 16.7 Å². The Bertz CT molecular complexity index is 814. The van der Waals surface area contributed by atoms with Crippen LogP contribution in [0.15, 0.2) is 54.7 Å². The smallest absolute Gasteiger partial charge is 0.197 e. The second kappa shape index (κ2) is 4.81. The fraction of sp³-hybridized carbons (Fsp3) is 0. The quantitative estimate of drug-likeness (QED) is 0.663. The van der Waals surface area contributed by atoms with Gasteiger partial charge in [0.1, 0.15) is 0 Å². The van der Waals surface area contributed by atoms with E-state index in [0.717, 1.165) is 17.0 Å². The summed E-state index contributed by atoms with van der Waals surface area (Å²) in [6.07, 6.45) is 1.37. The van der Waals surface area contributed by atoms with Crippen LogP contribution in [0.5, 0.6) is 0 Å². The zero-order chi connectivity index (χ0) is 14.1. The molecular weight excluding hydrogens is 260 g/mol. The summed E-state index contributed by atoms with van der Waals surface area (Å²) in [4.78, 5) is 16.4. The van der Waals surface area contributed by atoms with Crippen LogP contribution in [0.1, 0.15) is 15.9 Å². The minimum Gasteiger partial charge on any atom is -0.288 e. The molecule has 0 amide bonds. The van der Waals surface area contributed by atoms with Gasteiger partial charge in [-0.15, -0.1) is 0 Å². The van der Waals surface area contributed by atoms with Crippen molar-refractivity contribution in [1.82, 2.24) is 4.98 Å². The molecule has 0 unspecified atom stereocenters. The Balaban J connectivity index is 2.10. The Morgan fingerprint density at radius 2 is 1.80 bits per heavy atom. The number of halogens is 2. The van der Waals surface area contributed by atoms with Crippen molar-refractivity contribution in [3.05, 3.63) is 77.5 Å². The standard InChI is InChI=1S/C16H9F2NO/c17-13-6-3-5-12(15(13)18)16(20)11-8-10-4-1-2-7-14(10)19-9-11/h1-9H. The van der Waals surface area contributed by atoms with Crippen LogP contribution < -0.4 is 0 Å². The van der Waals surface area contributed by atoms with Gasteiger partial charge >= 0.3 is 0 Å². The Kier molecular flexibility index (Phi) is 2.99. The highest BCUT2D eigenvalue weighted by Gasteiger charge is 2.17. The monoisotopic (exact) mass is 269 g/mol. The second-order valence-electron chi connectivity index (χ2n) is 4.35. The number of para-hydroxylation sites is 1. The van der Waals surface area contributed by atoms with Crippen molar-refractivity contribution in [3.8, 4) is 0 Å². The van der Waals surface area contributed by atoms with Crippen molar-refractivity contribution in [2.24, 2.45) is 0 Å². The molecule has 3 aromatic rings. The topological polar surface area (TPSA) is 30.0 Å². The van der Waals surface area contributed by atoms with Gasteiger partial charge in [0.25, 0.3) is 0 Å². The van der Waals surface area contributed by atoms with E-state index in [1.807, 2.05) is 18.2 Å². The van der Waals surface area contributed by atoms with Crippen molar-refractivity contribution in [2.75, 3.05) is 0 Å². The van der Waals surface area contributed by atoms with Crippen LogP contribution in [0, 0.1) is 11.6 Å². The van der Waals surface area contributed by atoms with E-state index in [4.69, 9.17) is 0 Å². The lowest BCUT2D eigenvalue weighted by molar-refractivity contribution is 0.103. The molecule has 20 heavy (non-hydrogen) atoms. The van der Waals surface area contributed by atoms with Crippen LogP contribution in [-0.4, -0.2) is 10.8 Å². The summed E-state index contributed by atoms with van der Waals surface area (Å²) in [6, 6.07) is 12.4. The number of ketones is 1. The van der Waals surface area contributed by atoms with Crippen molar-refractivity contribution in [2.45, 2.75) is 0 Å². The number of hydrogen-bond donors (Lipinski definition) is 0. The van der Waals surface area contributed by atoms with Crippen LogP contribution >= 0.6 is 0 Å². The first-order valence-electron chi connectivity index (χ1n) is 6.00. The molecule has 1 aromatic heterocycles. The van der Waals surface area contributed by atoms with E-state index in [0.29, 0.717) is 0 Å². The number of rotatable bonds is 2. The predicted octanol–water partition coefficient (Wildman–Crippen LogP) is 3.74. The molecular formula is C16H9F2NO. The molecule has 2 aromatic carbocycles. The van der Waals surface area contributed by atoms with Gasteiger partial charge in [-0.1, -0.05) is 24.3 Å². The van der Waals surface area contributed by atoms with Gasteiger partial charge in [0.2, 0.25) is 0 Å². The van der Waals surface area contributed by atoms with Crippen LogP contribution in [0.3, 0.4) is 0 Å². The lowest BCUT2D eigenvalue weighted by Gasteiger charge is -2.04. The van der Waals surface area contributed by atoms with Gasteiger partial charge in [0, 0.05) is 17.1 Å². The van der Waals surface area contributed by atoms with Crippen LogP contribution in [0.2, 0.25) is 0 Å². The van der Waals surface area contributed by atoms with Gasteiger partial charge in [0.15, 0.2) is 17.4 Å². The van der Waals surface area contributed by atoms with E-state index in [9.17, 15) is 13.6 Å². The summed E-state index contributed by atoms with van der Waals surface area (Å²) in [5.74, 6) is -2.75. The highest BCUT2D eigenvalue weighted by Crippen LogP contribution is 2.18. The first kappa shape index (κ1) is 12.4. The molecule has 0 N–H and O–H groups in total. The van der Waals surface area contributed by atoms with Gasteiger partial charge in [-0.2, -0.15) is 0 Å². The third-order valence-corrected chi connectivity index (χ3v) is 3.05. The molecule has 0 radical (unpaired) electrons. The van der Waals surface area contributed by atoms with E-state index in [1.54, 1.807) is 12.1 Å². The van der Waals surface area contributed by atoms with E-state index in [1.165, 1.54) is 18.3 Å². The number of aromatic nitrogens is 1. The molecule has 98 valence electrons. The minimum atomic E-state index is -1.13. The second-order valence-corrected chi connectivity index (χ2v) is 4.35. The predicted molar refractivity (Wildman–Crippen MR) is 71.5 cm³/mol. The van der Waals surface area contributed by atoms with Gasteiger partial charge in [-0.3, -0.25) is 9.78 Å². The Labute approximate surface area is 113 Å². The Morgan fingerprint density at radius 1 is 1.00 bits per heavy atom. The molecule has 0 bridgehead atoms. The third kappa shape index (κ3) is 2.05.